The summed E-state index contributed by atoms with van der Waals surface area (Å²) in [6.45, 7) is 16.7. The van der Waals surface area contributed by atoms with Gasteiger partial charge in [0.05, 0.1) is 76.1 Å². The number of carbonyl (C=O) groups is 1. The molecule has 22 unspecified atom stereocenters. The first-order chi connectivity index (χ1) is 39.8. The van der Waals surface area contributed by atoms with Crippen LogP contribution in [0, 0.1) is 23.7 Å². The molecule has 2 aromatic rings. The summed E-state index contributed by atoms with van der Waals surface area (Å²) < 4.78 is 86.2. The van der Waals surface area contributed by atoms with Crippen molar-refractivity contribution in [3.8, 4) is 23.0 Å². The van der Waals surface area contributed by atoms with E-state index in [0.29, 0.717) is 49.9 Å². The number of fused-ring (bicyclic) bond motifs is 7. The molecule has 18 heteroatoms. The lowest BCUT2D eigenvalue weighted by Crippen LogP contribution is -2.58. The van der Waals surface area contributed by atoms with Crippen LogP contribution in [-0.2, 0) is 52.2 Å². The first kappa shape index (κ1) is 61.4. The van der Waals surface area contributed by atoms with Crippen LogP contribution in [0.4, 0.5) is 0 Å². The summed E-state index contributed by atoms with van der Waals surface area (Å²) >= 11 is 0. The van der Waals surface area contributed by atoms with Crippen LogP contribution in [0.5, 0.6) is 23.0 Å². The Balaban J connectivity index is 0.000000303. The first-order valence-electron chi connectivity index (χ1n) is 29.8. The van der Waals surface area contributed by atoms with Crippen LogP contribution in [-0.4, -0.2) is 160 Å². The van der Waals surface area contributed by atoms with E-state index in [-0.39, 0.29) is 54.7 Å². The highest BCUT2D eigenvalue weighted by Crippen LogP contribution is 2.53. The van der Waals surface area contributed by atoms with Crippen molar-refractivity contribution in [2.24, 2.45) is 23.7 Å². The molecule has 4 saturated heterocycles. The fraction of sp³-hybridized carbons (Fsp3) is 0.646. The Morgan fingerprint density at radius 3 is 2.20 bits per heavy atom. The predicted octanol–water partition coefficient (Wildman–Crippen LogP) is 8.69. The first-order valence-corrected chi connectivity index (χ1v) is 29.8. The lowest BCUT2D eigenvalue weighted by molar-refractivity contribution is -0.318. The number of aliphatic hydroxyl groups is 3. The number of hydrogen-bond acceptors (Lipinski definition) is 18. The summed E-state index contributed by atoms with van der Waals surface area (Å²) in [5.74, 6) is 0.998. The molecule has 22 atom stereocenters. The predicted molar refractivity (Wildman–Crippen MR) is 305 cm³/mol. The third-order valence-corrected chi connectivity index (χ3v) is 18.7. The third-order valence-electron chi connectivity index (χ3n) is 18.7. The van der Waals surface area contributed by atoms with Crippen molar-refractivity contribution < 1.29 is 86.4 Å². The average molecular weight is 1160 g/mol. The molecule has 8 aliphatic heterocycles. The number of esters is 1. The molecule has 3 N–H and O–H groups in total. The van der Waals surface area contributed by atoms with Crippen LogP contribution in [0.2, 0.25) is 0 Å². The van der Waals surface area contributed by atoms with E-state index in [0.717, 1.165) is 40.6 Å². The number of methoxy groups -OCH3 is 4. The molecule has 83 heavy (non-hydrogen) atoms. The van der Waals surface area contributed by atoms with E-state index >= 15 is 0 Å². The van der Waals surface area contributed by atoms with Crippen LogP contribution in [0.25, 0.3) is 0 Å². The Bertz CT molecular complexity index is 2760. The Morgan fingerprint density at radius 1 is 0.783 bits per heavy atom. The molecule has 4 fully saturated rings. The Labute approximate surface area is 488 Å². The fourth-order valence-corrected chi connectivity index (χ4v) is 13.6. The van der Waals surface area contributed by atoms with Crippen molar-refractivity contribution in [2.45, 2.75) is 203 Å². The standard InChI is InChI=1S/C48H72O14.C17H16O4/c1-11-25(2)43-28(5)17-18-47(62-43)23-34-20-33(61-47)16-15-27(4)42(26(3)13-12-14-32-24-55-45-40(49)29(6)19-35(46(51)58-34)48(32,45)52)59-39-22-37(54-10)44(31(8)57-39)60-38-21-36(53-9)41(50)30(7)56-38;1-18-10-4-6-13-15(7-10)20-9-14-12-5-3-11(19-2)8-16(12)21-17(13)14/h12-15,17-19,25-26,28,30-31,33-45,49-50,52H,11,16,20-24H2,1-10H3;3-8,14,17H,9H2,1-2H3. The van der Waals surface area contributed by atoms with Gasteiger partial charge in [-0.15, -0.1) is 0 Å². The van der Waals surface area contributed by atoms with Crippen molar-refractivity contribution in [1.29, 1.82) is 0 Å². The van der Waals surface area contributed by atoms with E-state index in [1.54, 1.807) is 54.4 Å². The molecule has 1 spiro atoms. The summed E-state index contributed by atoms with van der Waals surface area (Å²) in [7, 11) is 6.53. The molecule has 0 radical (unpaired) electrons. The van der Waals surface area contributed by atoms with Crippen LogP contribution < -0.4 is 18.9 Å². The van der Waals surface area contributed by atoms with Crippen LogP contribution >= 0.6 is 0 Å². The van der Waals surface area contributed by atoms with Gasteiger partial charge in [0.2, 0.25) is 0 Å². The van der Waals surface area contributed by atoms with Gasteiger partial charge in [-0.3, -0.25) is 4.79 Å². The largest absolute Gasteiger partial charge is 0.497 e. The van der Waals surface area contributed by atoms with E-state index in [9.17, 15) is 20.1 Å². The summed E-state index contributed by atoms with van der Waals surface area (Å²) in [5.41, 5.74) is 2.39. The maximum Gasteiger partial charge on any atom is 0.316 e. The van der Waals surface area contributed by atoms with E-state index in [4.69, 9.17) is 66.3 Å². The van der Waals surface area contributed by atoms with Crippen molar-refractivity contribution in [2.75, 3.05) is 41.7 Å². The summed E-state index contributed by atoms with van der Waals surface area (Å²) in [4.78, 5) is 14.3. The van der Waals surface area contributed by atoms with Gasteiger partial charge < -0.3 is 81.6 Å². The highest BCUT2D eigenvalue weighted by Gasteiger charge is 2.60. The van der Waals surface area contributed by atoms with Gasteiger partial charge in [-0.05, 0) is 81.0 Å². The fourth-order valence-electron chi connectivity index (χ4n) is 13.6. The molecular weight excluding hydrogens is 1070 g/mol. The van der Waals surface area contributed by atoms with Crippen LogP contribution in [0.15, 0.2) is 95.6 Å². The van der Waals surface area contributed by atoms with E-state index in [1.807, 2.05) is 62.4 Å². The maximum absolute atomic E-state index is 14.3. The summed E-state index contributed by atoms with van der Waals surface area (Å²) in [6, 6.07) is 11.9. The second-order valence-electron chi connectivity index (χ2n) is 24.2. The second-order valence-corrected chi connectivity index (χ2v) is 24.2. The molecule has 0 aromatic heterocycles. The molecule has 1 aliphatic carbocycles. The number of ether oxygens (including phenoxy) is 14. The van der Waals surface area contributed by atoms with Crippen LogP contribution in [0.1, 0.15) is 117 Å². The minimum atomic E-state index is -1.84. The number of benzene rings is 2. The number of rotatable bonds is 10. The normalized spacial score (nSPS) is 40.5. The molecular formula is C65H88O18. The smallest absolute Gasteiger partial charge is 0.316 e. The topological polar surface area (TPSA) is 207 Å². The van der Waals surface area contributed by atoms with Crippen LogP contribution in [0.3, 0.4) is 0 Å². The van der Waals surface area contributed by atoms with Gasteiger partial charge in [0, 0.05) is 75.0 Å². The molecule has 0 amide bonds. The average Bonchev–Trinajstić information content (AvgIpc) is 2.07. The van der Waals surface area contributed by atoms with Crippen molar-refractivity contribution in [1.82, 2.24) is 0 Å². The number of aliphatic hydroxyl groups excluding tert-OH is 2. The van der Waals surface area contributed by atoms with E-state index in [1.165, 1.54) is 5.56 Å². The highest BCUT2D eigenvalue weighted by molar-refractivity contribution is 5.78. The van der Waals surface area contributed by atoms with Gasteiger partial charge >= 0.3 is 5.97 Å². The maximum atomic E-state index is 14.3. The van der Waals surface area contributed by atoms with E-state index < -0.39 is 90.8 Å². The van der Waals surface area contributed by atoms with Gasteiger partial charge in [-0.2, -0.15) is 0 Å². The quantitative estimate of drug-likeness (QED) is 0.150. The lowest BCUT2D eigenvalue weighted by atomic mass is 9.71. The van der Waals surface area contributed by atoms with Crippen molar-refractivity contribution in [3.05, 3.63) is 107 Å². The Kier molecular flexibility index (Phi) is 19.0. The molecule has 2 aromatic carbocycles. The van der Waals surface area contributed by atoms with E-state index in [2.05, 4.69) is 45.9 Å². The molecule has 2 bridgehead atoms. The zero-order valence-corrected chi connectivity index (χ0v) is 50.2. The zero-order chi connectivity index (χ0) is 59.1. The molecule has 456 valence electrons. The summed E-state index contributed by atoms with van der Waals surface area (Å²) in [5, 5.41) is 34.2. The van der Waals surface area contributed by atoms with Crippen molar-refractivity contribution >= 4 is 5.97 Å². The third kappa shape index (κ3) is 12.5. The monoisotopic (exact) mass is 1160 g/mol. The Hall–Kier alpha value is -4.67. The van der Waals surface area contributed by atoms with Gasteiger partial charge in [-0.25, -0.2) is 0 Å². The SMILES string of the molecule is CCC(C)C1OC2(C=CC1C)CC1CC(CC=C(C)C(OC3CC(OC)C(OC4CC(OC)C(O)C(C)O4)C(C)O3)C(C)C=CC=C3COC4C(O)C(C)=CC(C(=O)O1)C34O)O2.COc1ccc2c(c1)OC1c3ccc(OC)cc3OCC21. The minimum Gasteiger partial charge on any atom is -0.497 e. The van der Waals surface area contributed by atoms with Gasteiger partial charge in [-0.1, -0.05) is 76.6 Å². The Morgan fingerprint density at radius 2 is 1.48 bits per heavy atom. The number of hydrogen-bond donors (Lipinski definition) is 3. The summed E-state index contributed by atoms with van der Waals surface area (Å²) in [6.07, 6.45) is 8.55. The van der Waals surface area contributed by atoms with Crippen molar-refractivity contribution in [3.63, 3.8) is 0 Å². The zero-order valence-electron chi connectivity index (χ0n) is 50.2. The van der Waals surface area contributed by atoms with Gasteiger partial charge in [0.1, 0.15) is 71.1 Å². The molecule has 8 heterocycles. The second kappa shape index (κ2) is 25.7. The van der Waals surface area contributed by atoms with Gasteiger partial charge in [0.15, 0.2) is 18.4 Å². The molecule has 11 rings (SSSR count). The number of allylic oxidation sites excluding steroid dienone is 2. The van der Waals surface area contributed by atoms with Gasteiger partial charge in [0.25, 0.3) is 0 Å². The molecule has 0 saturated carbocycles. The lowest BCUT2D eigenvalue weighted by Gasteiger charge is -2.48. The highest BCUT2D eigenvalue weighted by atomic mass is 16.7. The number of carbonyl (C=O) groups excluding carboxylic acids is 1. The molecule has 18 nitrogen and oxygen atoms in total. The minimum absolute atomic E-state index is 0.00163. The molecule has 9 aliphatic rings.